The van der Waals surface area contributed by atoms with Crippen LogP contribution in [0, 0.1) is 0 Å². The van der Waals surface area contributed by atoms with Crippen molar-refractivity contribution in [3.63, 3.8) is 0 Å². The molecule has 0 fully saturated rings. The molecule has 1 amide bonds. The van der Waals surface area contributed by atoms with Gasteiger partial charge in [0.15, 0.2) is 0 Å². The van der Waals surface area contributed by atoms with E-state index in [9.17, 15) is 9.90 Å². The molecule has 2 rings (SSSR count). The highest BCUT2D eigenvalue weighted by molar-refractivity contribution is 6.05. The zero-order chi connectivity index (χ0) is 13.8. The highest BCUT2D eigenvalue weighted by Crippen LogP contribution is 2.19. The number of carbonyl (C=O) groups is 1. The Morgan fingerprint density at radius 1 is 1.42 bits per heavy atom. The summed E-state index contributed by atoms with van der Waals surface area (Å²) in [5.74, 6) is -0.537. The largest absolute Gasteiger partial charge is 0.505 e. The van der Waals surface area contributed by atoms with Gasteiger partial charge in [-0.25, -0.2) is 0 Å². The summed E-state index contributed by atoms with van der Waals surface area (Å²) in [6.45, 7) is 1.87. The zero-order valence-corrected chi connectivity index (χ0v) is 10.5. The number of benzene rings is 1. The third kappa shape index (κ3) is 3.08. The maximum Gasteiger partial charge on any atom is 0.259 e. The number of aromatic hydroxyl groups is 1. The Kier molecular flexibility index (Phi) is 3.77. The summed E-state index contributed by atoms with van der Waals surface area (Å²) < 4.78 is 0. The minimum atomic E-state index is -0.387. The zero-order valence-electron chi connectivity index (χ0n) is 10.5. The van der Waals surface area contributed by atoms with Gasteiger partial charge in [-0.15, -0.1) is 0 Å². The average Bonchev–Trinajstić information content (AvgIpc) is 2.39. The van der Waals surface area contributed by atoms with E-state index in [1.165, 1.54) is 18.5 Å². The lowest BCUT2D eigenvalue weighted by atomic mass is 10.1. The van der Waals surface area contributed by atoms with Crippen molar-refractivity contribution < 1.29 is 9.90 Å². The summed E-state index contributed by atoms with van der Waals surface area (Å²) in [6.07, 6.45) is 2.68. The van der Waals surface area contributed by atoms with E-state index in [4.69, 9.17) is 5.73 Å². The Labute approximate surface area is 111 Å². The number of hydrogen-bond acceptors (Lipinski definition) is 4. The van der Waals surface area contributed by atoms with Crippen molar-refractivity contribution in [1.29, 1.82) is 0 Å². The number of nitrogens with zero attached hydrogens (tertiary/aromatic N) is 1. The normalized spacial score (nSPS) is 11.9. The van der Waals surface area contributed by atoms with E-state index < -0.39 is 0 Å². The predicted octanol–water partition coefficient (Wildman–Crippen LogP) is 2.06. The van der Waals surface area contributed by atoms with Gasteiger partial charge in [0.25, 0.3) is 5.91 Å². The SMILES string of the molecule is CC(N)c1cccc(NC(=O)c2ccncc2O)c1. The minimum absolute atomic E-state index is 0.105. The molecule has 0 saturated heterocycles. The standard InChI is InChI=1S/C14H15N3O2/c1-9(15)10-3-2-4-11(7-10)17-14(19)12-5-6-16-8-13(12)18/h2-9,18H,15H2,1H3,(H,17,19). The van der Waals surface area contributed by atoms with Gasteiger partial charge >= 0.3 is 0 Å². The van der Waals surface area contributed by atoms with Crippen LogP contribution in [0.2, 0.25) is 0 Å². The van der Waals surface area contributed by atoms with Crippen LogP contribution in [0.15, 0.2) is 42.7 Å². The summed E-state index contributed by atoms with van der Waals surface area (Å²) in [7, 11) is 0. The van der Waals surface area contributed by atoms with Crippen molar-refractivity contribution in [2.45, 2.75) is 13.0 Å². The first-order valence-electron chi connectivity index (χ1n) is 5.88. The summed E-state index contributed by atoms with van der Waals surface area (Å²) in [4.78, 5) is 15.7. The van der Waals surface area contributed by atoms with Gasteiger partial charge in [-0.05, 0) is 30.7 Å². The molecule has 0 bridgehead atoms. The fraction of sp³-hybridized carbons (Fsp3) is 0.143. The second-order valence-electron chi connectivity index (χ2n) is 4.26. The van der Waals surface area contributed by atoms with Gasteiger partial charge in [0.2, 0.25) is 0 Å². The highest BCUT2D eigenvalue weighted by Gasteiger charge is 2.11. The molecule has 0 radical (unpaired) electrons. The molecule has 1 aromatic heterocycles. The van der Waals surface area contributed by atoms with Crippen LogP contribution >= 0.6 is 0 Å². The molecule has 4 N–H and O–H groups in total. The van der Waals surface area contributed by atoms with E-state index >= 15 is 0 Å². The molecule has 2 aromatic rings. The predicted molar refractivity (Wildman–Crippen MR) is 72.9 cm³/mol. The lowest BCUT2D eigenvalue weighted by Gasteiger charge is -2.10. The van der Waals surface area contributed by atoms with E-state index in [1.54, 1.807) is 12.1 Å². The lowest BCUT2D eigenvalue weighted by Crippen LogP contribution is -2.13. The Morgan fingerprint density at radius 3 is 2.89 bits per heavy atom. The Bertz CT molecular complexity index is 597. The van der Waals surface area contributed by atoms with Crippen LogP contribution in [-0.4, -0.2) is 16.0 Å². The number of pyridine rings is 1. The van der Waals surface area contributed by atoms with Gasteiger partial charge in [-0.3, -0.25) is 9.78 Å². The van der Waals surface area contributed by atoms with Crippen LogP contribution in [0.25, 0.3) is 0 Å². The van der Waals surface area contributed by atoms with Crippen LogP contribution < -0.4 is 11.1 Å². The molecule has 1 atom stereocenters. The monoisotopic (exact) mass is 257 g/mol. The molecule has 1 heterocycles. The first-order chi connectivity index (χ1) is 9.08. The number of nitrogens with two attached hydrogens (primary N) is 1. The first-order valence-corrected chi connectivity index (χ1v) is 5.88. The smallest absolute Gasteiger partial charge is 0.259 e. The number of amides is 1. The number of rotatable bonds is 3. The molecule has 1 aromatic carbocycles. The molecule has 19 heavy (non-hydrogen) atoms. The van der Waals surface area contributed by atoms with Crippen molar-refractivity contribution in [2.75, 3.05) is 5.32 Å². The maximum absolute atomic E-state index is 12.0. The molecule has 98 valence electrons. The number of aromatic nitrogens is 1. The van der Waals surface area contributed by atoms with E-state index in [1.807, 2.05) is 19.1 Å². The number of nitrogens with one attached hydrogen (secondary N) is 1. The van der Waals surface area contributed by atoms with Crippen molar-refractivity contribution in [3.8, 4) is 5.75 Å². The van der Waals surface area contributed by atoms with Gasteiger partial charge in [0.05, 0.1) is 11.8 Å². The van der Waals surface area contributed by atoms with Crippen LogP contribution in [0.5, 0.6) is 5.75 Å². The second-order valence-corrected chi connectivity index (χ2v) is 4.26. The summed E-state index contributed by atoms with van der Waals surface area (Å²) in [5, 5.41) is 12.3. The maximum atomic E-state index is 12.0. The molecule has 1 unspecified atom stereocenters. The van der Waals surface area contributed by atoms with E-state index in [0.29, 0.717) is 5.69 Å². The molecule has 0 saturated carbocycles. The summed E-state index contributed by atoms with van der Waals surface area (Å²) >= 11 is 0. The number of anilines is 1. The van der Waals surface area contributed by atoms with E-state index in [0.717, 1.165) is 5.56 Å². The highest BCUT2D eigenvalue weighted by atomic mass is 16.3. The molecular formula is C14H15N3O2. The molecule has 0 spiro atoms. The summed E-state index contributed by atoms with van der Waals surface area (Å²) in [5.41, 5.74) is 7.53. The Morgan fingerprint density at radius 2 is 2.21 bits per heavy atom. The fourth-order valence-electron chi connectivity index (χ4n) is 1.68. The Balaban J connectivity index is 2.20. The lowest BCUT2D eigenvalue weighted by molar-refractivity contribution is 0.102. The van der Waals surface area contributed by atoms with Gasteiger partial charge in [0, 0.05) is 17.9 Å². The van der Waals surface area contributed by atoms with Crippen molar-refractivity contribution >= 4 is 11.6 Å². The topological polar surface area (TPSA) is 88.2 Å². The molecule has 0 aliphatic heterocycles. The van der Waals surface area contributed by atoms with E-state index in [-0.39, 0.29) is 23.3 Å². The molecular weight excluding hydrogens is 242 g/mol. The Hall–Kier alpha value is -2.40. The molecule has 0 aliphatic carbocycles. The van der Waals surface area contributed by atoms with Crippen molar-refractivity contribution in [1.82, 2.24) is 4.98 Å². The molecule has 0 aliphatic rings. The van der Waals surface area contributed by atoms with Crippen LogP contribution in [0.3, 0.4) is 0 Å². The first kappa shape index (κ1) is 13.0. The number of carbonyl (C=O) groups excluding carboxylic acids is 1. The van der Waals surface area contributed by atoms with E-state index in [2.05, 4.69) is 10.3 Å². The van der Waals surface area contributed by atoms with Gasteiger partial charge in [0.1, 0.15) is 5.75 Å². The third-order valence-corrected chi connectivity index (χ3v) is 2.71. The van der Waals surface area contributed by atoms with Gasteiger partial charge in [-0.2, -0.15) is 0 Å². The van der Waals surface area contributed by atoms with Crippen LogP contribution in [-0.2, 0) is 0 Å². The summed E-state index contributed by atoms with van der Waals surface area (Å²) in [6, 6.07) is 8.64. The van der Waals surface area contributed by atoms with Gasteiger partial charge in [-0.1, -0.05) is 12.1 Å². The van der Waals surface area contributed by atoms with Crippen LogP contribution in [0.1, 0.15) is 28.9 Å². The molecule has 5 heteroatoms. The van der Waals surface area contributed by atoms with Crippen LogP contribution in [0.4, 0.5) is 5.69 Å². The quantitative estimate of drug-likeness (QED) is 0.785. The number of hydrogen-bond donors (Lipinski definition) is 3. The van der Waals surface area contributed by atoms with Crippen molar-refractivity contribution in [2.24, 2.45) is 5.73 Å². The minimum Gasteiger partial charge on any atom is -0.505 e. The van der Waals surface area contributed by atoms with Gasteiger partial charge < -0.3 is 16.2 Å². The van der Waals surface area contributed by atoms with Crippen molar-refractivity contribution in [3.05, 3.63) is 53.9 Å². The molecule has 5 nitrogen and oxygen atoms in total. The third-order valence-electron chi connectivity index (χ3n) is 2.71. The second kappa shape index (κ2) is 5.49. The average molecular weight is 257 g/mol. The fourth-order valence-corrected chi connectivity index (χ4v) is 1.68.